The monoisotopic (exact) mass is 256 g/mol. The highest BCUT2D eigenvalue weighted by Crippen LogP contribution is 2.23. The third-order valence-electron chi connectivity index (χ3n) is 3.12. The molecule has 2 rings (SSSR count). The first-order valence-corrected chi connectivity index (χ1v) is 6.68. The second kappa shape index (κ2) is 5.57. The van der Waals surface area contributed by atoms with Crippen molar-refractivity contribution >= 4 is 16.3 Å². The first-order valence-electron chi connectivity index (χ1n) is 5.80. The van der Waals surface area contributed by atoms with E-state index in [9.17, 15) is 15.2 Å². The minimum atomic E-state index is -0.371. The lowest BCUT2D eigenvalue weighted by Gasteiger charge is -2.28. The maximum atomic E-state index is 10.5. The smallest absolute Gasteiger partial charge is 0.324 e. The van der Waals surface area contributed by atoms with Crippen LogP contribution >= 0.6 is 11.3 Å². The van der Waals surface area contributed by atoms with Gasteiger partial charge in [0.2, 0.25) is 0 Å². The van der Waals surface area contributed by atoms with Crippen LogP contribution in [0.4, 0.5) is 5.00 Å². The van der Waals surface area contributed by atoms with Gasteiger partial charge in [0.15, 0.2) is 0 Å². The van der Waals surface area contributed by atoms with Crippen molar-refractivity contribution in [1.29, 1.82) is 0 Å². The molecular weight excluding hydrogens is 240 g/mol. The molecule has 6 heteroatoms. The number of hydrogen-bond donors (Lipinski definition) is 2. The zero-order valence-electron chi connectivity index (χ0n) is 9.46. The van der Waals surface area contributed by atoms with E-state index in [-0.39, 0.29) is 22.1 Å². The Morgan fingerprint density at radius 1 is 1.53 bits per heavy atom. The van der Waals surface area contributed by atoms with E-state index < -0.39 is 0 Å². The number of nitrogens with zero attached hydrogens (tertiary/aromatic N) is 1. The molecule has 0 spiro atoms. The number of nitro groups is 1. The van der Waals surface area contributed by atoms with Crippen molar-refractivity contribution in [2.45, 2.75) is 44.4 Å². The summed E-state index contributed by atoms with van der Waals surface area (Å²) in [4.78, 5) is 10.2. The Morgan fingerprint density at radius 3 is 2.94 bits per heavy atom. The highest BCUT2D eigenvalue weighted by molar-refractivity contribution is 7.13. The van der Waals surface area contributed by atoms with Gasteiger partial charge in [-0.1, -0.05) is 24.2 Å². The lowest BCUT2D eigenvalue weighted by atomic mass is 9.92. The fourth-order valence-electron chi connectivity index (χ4n) is 2.15. The second-order valence-electron chi connectivity index (χ2n) is 4.39. The summed E-state index contributed by atoms with van der Waals surface area (Å²) in [5, 5.41) is 25.5. The Labute approximate surface area is 104 Å². The number of nitrogens with one attached hydrogen (secondary N) is 1. The molecule has 0 aliphatic heterocycles. The summed E-state index contributed by atoms with van der Waals surface area (Å²) in [5.74, 6) is 0. The first-order chi connectivity index (χ1) is 8.16. The number of rotatable bonds is 4. The lowest BCUT2D eigenvalue weighted by Crippen LogP contribution is -2.41. The van der Waals surface area contributed by atoms with Crippen molar-refractivity contribution in [3.63, 3.8) is 0 Å². The fourth-order valence-corrected chi connectivity index (χ4v) is 2.88. The Bertz CT molecular complexity index is 394. The van der Waals surface area contributed by atoms with E-state index >= 15 is 0 Å². The van der Waals surface area contributed by atoms with Crippen molar-refractivity contribution < 1.29 is 10.0 Å². The van der Waals surface area contributed by atoms with Crippen molar-refractivity contribution in [1.82, 2.24) is 5.32 Å². The van der Waals surface area contributed by atoms with E-state index in [0.29, 0.717) is 6.54 Å². The van der Waals surface area contributed by atoms with Crippen LogP contribution in [-0.2, 0) is 6.54 Å². The number of hydrogen-bond acceptors (Lipinski definition) is 5. The number of aliphatic hydroxyl groups excluding tert-OH is 1. The quantitative estimate of drug-likeness (QED) is 0.638. The normalized spacial score (nSPS) is 24.8. The summed E-state index contributed by atoms with van der Waals surface area (Å²) < 4.78 is 0. The average molecular weight is 256 g/mol. The molecule has 2 N–H and O–H groups in total. The van der Waals surface area contributed by atoms with E-state index in [1.54, 1.807) is 11.4 Å². The van der Waals surface area contributed by atoms with Gasteiger partial charge in [-0.05, 0) is 18.4 Å². The van der Waals surface area contributed by atoms with Gasteiger partial charge in [0.1, 0.15) is 0 Å². The van der Waals surface area contributed by atoms with Crippen LogP contribution in [0.15, 0.2) is 11.4 Å². The van der Waals surface area contributed by atoms with Crippen molar-refractivity contribution in [2.24, 2.45) is 0 Å². The van der Waals surface area contributed by atoms with Gasteiger partial charge in [-0.25, -0.2) is 0 Å². The van der Waals surface area contributed by atoms with Crippen LogP contribution in [0.3, 0.4) is 0 Å². The van der Waals surface area contributed by atoms with Crippen LogP contribution in [-0.4, -0.2) is 22.2 Å². The molecule has 2 atom stereocenters. The summed E-state index contributed by atoms with van der Waals surface area (Å²) in [6.45, 7) is 0.589. The molecule has 0 bridgehead atoms. The van der Waals surface area contributed by atoms with E-state index in [0.717, 1.165) is 42.6 Å². The van der Waals surface area contributed by atoms with Crippen LogP contribution in [0.1, 0.15) is 31.2 Å². The summed E-state index contributed by atoms with van der Waals surface area (Å²) in [5.41, 5.74) is 0.916. The second-order valence-corrected chi connectivity index (χ2v) is 5.28. The number of thiophene rings is 1. The molecular formula is C11H16N2O3S. The molecule has 0 aromatic carbocycles. The minimum absolute atomic E-state index is 0.128. The predicted molar refractivity (Wildman–Crippen MR) is 66.1 cm³/mol. The third kappa shape index (κ3) is 3.24. The van der Waals surface area contributed by atoms with Gasteiger partial charge in [-0.15, -0.1) is 0 Å². The van der Waals surface area contributed by atoms with E-state index in [2.05, 4.69) is 5.32 Å². The van der Waals surface area contributed by atoms with Crippen molar-refractivity contribution in [3.8, 4) is 0 Å². The molecule has 5 nitrogen and oxygen atoms in total. The molecule has 1 fully saturated rings. The van der Waals surface area contributed by atoms with Crippen LogP contribution in [0.5, 0.6) is 0 Å². The molecule has 1 aliphatic rings. The highest BCUT2D eigenvalue weighted by Gasteiger charge is 2.22. The molecule has 17 heavy (non-hydrogen) atoms. The van der Waals surface area contributed by atoms with Gasteiger partial charge in [0.05, 0.1) is 11.0 Å². The van der Waals surface area contributed by atoms with Gasteiger partial charge in [0.25, 0.3) is 0 Å². The molecule has 1 heterocycles. The largest absolute Gasteiger partial charge is 0.392 e. The topological polar surface area (TPSA) is 75.4 Å². The molecule has 1 saturated carbocycles. The molecule has 1 aromatic rings. The average Bonchev–Trinajstić information content (AvgIpc) is 2.77. The van der Waals surface area contributed by atoms with Gasteiger partial charge in [0, 0.05) is 24.0 Å². The van der Waals surface area contributed by atoms with Gasteiger partial charge < -0.3 is 10.4 Å². The summed E-state index contributed by atoms with van der Waals surface area (Å²) >= 11 is 1.14. The van der Waals surface area contributed by atoms with Crippen molar-refractivity contribution in [2.75, 3.05) is 0 Å². The number of aliphatic hydroxyl groups is 1. The molecule has 0 radical (unpaired) electrons. The molecule has 1 aliphatic carbocycles. The minimum Gasteiger partial charge on any atom is -0.392 e. The summed E-state index contributed by atoms with van der Waals surface area (Å²) in [6, 6.07) is 1.72. The van der Waals surface area contributed by atoms with Gasteiger partial charge in [-0.2, -0.15) is 0 Å². The Hall–Kier alpha value is -0.980. The van der Waals surface area contributed by atoms with E-state index in [1.165, 1.54) is 0 Å². The van der Waals surface area contributed by atoms with Crippen LogP contribution < -0.4 is 5.32 Å². The molecule has 0 amide bonds. The summed E-state index contributed by atoms with van der Waals surface area (Å²) in [7, 11) is 0. The molecule has 94 valence electrons. The van der Waals surface area contributed by atoms with Crippen LogP contribution in [0, 0.1) is 10.1 Å². The molecule has 0 saturated heterocycles. The van der Waals surface area contributed by atoms with Crippen LogP contribution in [0.2, 0.25) is 0 Å². The maximum Gasteiger partial charge on any atom is 0.324 e. The fraction of sp³-hybridized carbons (Fsp3) is 0.636. The maximum absolute atomic E-state index is 10.5. The van der Waals surface area contributed by atoms with Crippen molar-refractivity contribution in [3.05, 3.63) is 27.1 Å². The van der Waals surface area contributed by atoms with E-state index in [1.807, 2.05) is 0 Å². The van der Waals surface area contributed by atoms with Crippen LogP contribution in [0.25, 0.3) is 0 Å². The molecule has 2 unspecified atom stereocenters. The zero-order valence-corrected chi connectivity index (χ0v) is 10.3. The predicted octanol–water partition coefficient (Wildman–Crippen LogP) is 2.05. The van der Waals surface area contributed by atoms with E-state index in [4.69, 9.17) is 0 Å². The third-order valence-corrected chi connectivity index (χ3v) is 4.05. The Balaban J connectivity index is 1.86. The van der Waals surface area contributed by atoms with Gasteiger partial charge >= 0.3 is 5.00 Å². The zero-order chi connectivity index (χ0) is 12.3. The SMILES string of the molecule is O=[N+]([O-])c1cc(CNC2CCCCC2O)cs1. The lowest BCUT2D eigenvalue weighted by molar-refractivity contribution is -0.380. The Kier molecular flexibility index (Phi) is 4.09. The first kappa shape index (κ1) is 12.5. The molecule has 1 aromatic heterocycles. The Morgan fingerprint density at radius 2 is 2.29 bits per heavy atom. The van der Waals surface area contributed by atoms with Gasteiger partial charge in [-0.3, -0.25) is 10.1 Å². The summed E-state index contributed by atoms with van der Waals surface area (Å²) in [6.07, 6.45) is 3.77. The standard InChI is InChI=1S/C11H16N2O3S/c14-10-4-2-1-3-9(10)12-6-8-5-11(13(15)16)17-7-8/h5,7,9-10,12,14H,1-4,6H2. The highest BCUT2D eigenvalue weighted by atomic mass is 32.1.